The first-order chi connectivity index (χ1) is 28.3. The Morgan fingerprint density at radius 3 is 1.18 bits per heavy atom. The minimum Gasteiger partial charge on any atom is -0.311 e. The normalized spacial score (nSPS) is 17.1. The number of hydrogen-bond acceptors (Lipinski definition) is 2. The summed E-state index contributed by atoms with van der Waals surface area (Å²) in [7, 11) is 0. The lowest BCUT2D eigenvalue weighted by atomic mass is 9.33. The third-order valence-corrected chi connectivity index (χ3v) is 14.9. The van der Waals surface area contributed by atoms with Crippen LogP contribution < -0.4 is 26.2 Å². The Morgan fingerprint density at radius 1 is 0.403 bits per heavy atom. The van der Waals surface area contributed by atoms with Gasteiger partial charge in [-0.2, -0.15) is 0 Å². The fourth-order valence-corrected chi connectivity index (χ4v) is 10.4. The van der Waals surface area contributed by atoms with E-state index in [0.29, 0.717) is 0 Å². The van der Waals surface area contributed by atoms with Crippen molar-refractivity contribution in [3.05, 3.63) is 123 Å². The number of fused-ring (bicyclic) bond motifs is 5. The predicted molar refractivity (Wildman–Crippen MR) is 274 cm³/mol. The third kappa shape index (κ3) is 7.46. The van der Waals surface area contributed by atoms with Gasteiger partial charge in [-0.15, -0.1) is 0 Å². The number of rotatable bonds is 2. The maximum Gasteiger partial charge on any atom is 0.252 e. The molecule has 0 bridgehead atoms. The van der Waals surface area contributed by atoms with Crippen molar-refractivity contribution < 1.29 is 0 Å². The van der Waals surface area contributed by atoms with E-state index < -0.39 is 0 Å². The summed E-state index contributed by atoms with van der Waals surface area (Å²) in [4.78, 5) is 5.35. The van der Waals surface area contributed by atoms with Crippen LogP contribution in [0.5, 0.6) is 0 Å². The number of nitrogens with zero attached hydrogens (tertiary/aromatic N) is 2. The van der Waals surface area contributed by atoms with Crippen molar-refractivity contribution in [2.24, 2.45) is 0 Å². The highest BCUT2D eigenvalue weighted by molar-refractivity contribution is 7.00. The molecule has 0 N–H and O–H groups in total. The van der Waals surface area contributed by atoms with Crippen LogP contribution in [0.2, 0.25) is 0 Å². The highest BCUT2D eigenvalue weighted by Crippen LogP contribution is 2.51. The van der Waals surface area contributed by atoms with E-state index in [9.17, 15) is 0 Å². The van der Waals surface area contributed by atoms with Crippen molar-refractivity contribution in [3.63, 3.8) is 0 Å². The van der Waals surface area contributed by atoms with Gasteiger partial charge >= 0.3 is 0 Å². The zero-order chi connectivity index (χ0) is 45.7. The summed E-state index contributed by atoms with van der Waals surface area (Å²) in [6.45, 7) is 47.8. The molecular formula is C59H77BN2. The van der Waals surface area contributed by atoms with Crippen LogP contribution in [0.4, 0.5) is 34.1 Å². The summed E-state index contributed by atoms with van der Waals surface area (Å²) >= 11 is 0. The maximum absolute atomic E-state index is 2.70. The summed E-state index contributed by atoms with van der Waals surface area (Å²) < 4.78 is 0. The van der Waals surface area contributed by atoms with E-state index in [4.69, 9.17) is 0 Å². The maximum atomic E-state index is 2.70. The number of benzene rings is 5. The van der Waals surface area contributed by atoms with Gasteiger partial charge in [0.25, 0.3) is 6.71 Å². The van der Waals surface area contributed by atoms with Crippen LogP contribution in [0.3, 0.4) is 0 Å². The quantitative estimate of drug-likeness (QED) is 0.160. The second-order valence-corrected chi connectivity index (χ2v) is 26.1. The van der Waals surface area contributed by atoms with E-state index in [1.807, 2.05) is 0 Å². The van der Waals surface area contributed by atoms with Crippen LogP contribution in [0, 0.1) is 6.92 Å². The van der Waals surface area contributed by atoms with E-state index >= 15 is 0 Å². The molecule has 5 aromatic carbocycles. The second-order valence-electron chi connectivity index (χ2n) is 26.1. The van der Waals surface area contributed by atoms with E-state index in [2.05, 4.69) is 227 Å². The molecule has 2 aliphatic heterocycles. The van der Waals surface area contributed by atoms with Gasteiger partial charge in [0.2, 0.25) is 0 Å². The topological polar surface area (TPSA) is 6.48 Å². The van der Waals surface area contributed by atoms with Gasteiger partial charge in [-0.25, -0.2) is 0 Å². The van der Waals surface area contributed by atoms with Gasteiger partial charge in [0, 0.05) is 34.1 Å². The zero-order valence-electron chi connectivity index (χ0n) is 42.4. The fourth-order valence-electron chi connectivity index (χ4n) is 10.4. The van der Waals surface area contributed by atoms with Gasteiger partial charge in [0.1, 0.15) is 0 Å². The third-order valence-electron chi connectivity index (χ3n) is 14.9. The largest absolute Gasteiger partial charge is 0.311 e. The molecule has 0 radical (unpaired) electrons. The van der Waals surface area contributed by atoms with Crippen LogP contribution in [-0.4, -0.2) is 6.71 Å². The average molecular weight is 825 g/mol. The molecule has 2 heterocycles. The number of hydrogen-bond donors (Lipinski definition) is 0. The Kier molecular flexibility index (Phi) is 9.94. The molecule has 3 heteroatoms. The molecule has 0 unspecified atom stereocenters. The highest BCUT2D eigenvalue weighted by Gasteiger charge is 2.47. The van der Waals surface area contributed by atoms with Crippen LogP contribution in [0.15, 0.2) is 78.9 Å². The van der Waals surface area contributed by atoms with Gasteiger partial charge in [0.05, 0.1) is 0 Å². The standard InChI is InChI=1S/C59H77BN2/c1-36-25-50-52-51(26-36)62(43-31-40(56(11,12)13)28-41(32-43)57(14,15)16)49-35-45-44(58(17,18)23-24-59(45,19)20)34-47(49)60(52)46-33-37(53(2,3)4)21-22-48(46)61(50)42-29-38(54(5,6)7)27-39(30-42)55(8,9)10/h21-22,25-35H,23-24H2,1-20H3. The molecule has 2 nitrogen and oxygen atoms in total. The lowest BCUT2D eigenvalue weighted by Crippen LogP contribution is -2.62. The molecular weight excluding hydrogens is 747 g/mol. The monoisotopic (exact) mass is 825 g/mol. The Bertz CT molecular complexity index is 2550. The summed E-state index contributed by atoms with van der Waals surface area (Å²) in [5.74, 6) is 0. The zero-order valence-corrected chi connectivity index (χ0v) is 42.4. The lowest BCUT2D eigenvalue weighted by molar-refractivity contribution is 0.332. The van der Waals surface area contributed by atoms with E-state index in [1.165, 1.54) is 108 Å². The van der Waals surface area contributed by atoms with Crippen LogP contribution in [-0.2, 0) is 37.9 Å². The Hall–Kier alpha value is -4.24. The molecule has 326 valence electrons. The molecule has 0 fully saturated rings. The summed E-state index contributed by atoms with van der Waals surface area (Å²) in [6, 6.07) is 32.7. The molecule has 3 aliphatic rings. The van der Waals surface area contributed by atoms with Crippen LogP contribution >= 0.6 is 0 Å². The number of aryl methyl sites for hydroxylation is 1. The molecule has 0 spiro atoms. The van der Waals surface area contributed by atoms with Gasteiger partial charge in [-0.1, -0.05) is 162 Å². The smallest absolute Gasteiger partial charge is 0.252 e. The summed E-state index contributed by atoms with van der Waals surface area (Å²) in [5, 5.41) is 0. The minimum absolute atomic E-state index is 0.00997. The molecule has 5 aromatic rings. The first-order valence-corrected chi connectivity index (χ1v) is 23.7. The molecule has 0 atom stereocenters. The predicted octanol–water partition coefficient (Wildman–Crippen LogP) is 14.9. The van der Waals surface area contributed by atoms with Crippen LogP contribution in [0.25, 0.3) is 0 Å². The van der Waals surface area contributed by atoms with Crippen molar-refractivity contribution in [2.75, 3.05) is 9.80 Å². The Balaban J connectivity index is 1.56. The molecule has 62 heavy (non-hydrogen) atoms. The molecule has 0 saturated heterocycles. The highest BCUT2D eigenvalue weighted by atomic mass is 15.2. The summed E-state index contributed by atoms with van der Waals surface area (Å²) in [6.07, 6.45) is 2.36. The SMILES string of the molecule is Cc1cc2c3c(c1)N(c1cc(C(C)(C)C)cc(C(C)(C)C)c1)c1cc4c(cc1B3c1cc(C(C)(C)C)ccc1N2c1cc(C(C)(C)C)cc(C(C)(C)C)c1)C(C)(C)CCC4(C)C. The molecule has 8 rings (SSSR count). The van der Waals surface area contributed by atoms with E-state index in [-0.39, 0.29) is 44.6 Å². The van der Waals surface area contributed by atoms with Gasteiger partial charge in [0.15, 0.2) is 0 Å². The number of anilines is 6. The molecule has 0 amide bonds. The van der Waals surface area contributed by atoms with Crippen molar-refractivity contribution in [1.29, 1.82) is 0 Å². The van der Waals surface area contributed by atoms with Gasteiger partial charge < -0.3 is 9.80 Å². The fraction of sp³-hybridized carbons (Fsp3) is 0.492. The van der Waals surface area contributed by atoms with Crippen molar-refractivity contribution in [1.82, 2.24) is 0 Å². The first-order valence-electron chi connectivity index (χ1n) is 23.7. The molecule has 0 aromatic heterocycles. The van der Waals surface area contributed by atoms with Crippen molar-refractivity contribution in [2.45, 2.75) is 189 Å². The van der Waals surface area contributed by atoms with Crippen LogP contribution in [0.1, 0.15) is 189 Å². The van der Waals surface area contributed by atoms with Gasteiger partial charge in [-0.3, -0.25) is 0 Å². The molecule has 0 saturated carbocycles. The molecule has 1 aliphatic carbocycles. The minimum atomic E-state index is -0.0208. The van der Waals surface area contributed by atoms with E-state index in [1.54, 1.807) is 0 Å². The second kappa shape index (κ2) is 13.9. The van der Waals surface area contributed by atoms with Crippen molar-refractivity contribution >= 4 is 57.2 Å². The Morgan fingerprint density at radius 2 is 0.774 bits per heavy atom. The summed E-state index contributed by atoms with van der Waals surface area (Å²) in [5.41, 5.74) is 23.2. The average Bonchev–Trinajstić information content (AvgIpc) is 3.13. The lowest BCUT2D eigenvalue weighted by Gasteiger charge is -2.48. The van der Waals surface area contributed by atoms with Gasteiger partial charge in [-0.05, 0) is 167 Å². The Labute approximate surface area is 378 Å². The van der Waals surface area contributed by atoms with E-state index in [0.717, 1.165) is 0 Å². The first kappa shape index (κ1) is 44.4. The van der Waals surface area contributed by atoms with Crippen molar-refractivity contribution in [3.8, 4) is 0 Å².